The minimum absolute atomic E-state index is 0.0649. The van der Waals surface area contributed by atoms with Gasteiger partial charge in [0.25, 0.3) is 5.91 Å². The molecule has 2 N–H and O–H groups in total. The Hall–Kier alpha value is -1.88. The minimum Gasteiger partial charge on any atom is -0.359 e. The van der Waals surface area contributed by atoms with Gasteiger partial charge in [-0.05, 0) is 68.8 Å². The van der Waals surface area contributed by atoms with Crippen molar-refractivity contribution in [2.75, 3.05) is 13.1 Å². The summed E-state index contributed by atoms with van der Waals surface area (Å²) in [5.41, 5.74) is 9.42. The van der Waals surface area contributed by atoms with Gasteiger partial charge in [-0.25, -0.2) is 5.43 Å². The summed E-state index contributed by atoms with van der Waals surface area (Å²) in [5, 5.41) is 4.27. The topological polar surface area (TPSA) is 60.5 Å². The van der Waals surface area contributed by atoms with E-state index in [2.05, 4.69) is 41.2 Å². The third kappa shape index (κ3) is 3.17. The van der Waals surface area contributed by atoms with E-state index in [4.69, 9.17) is 0 Å². The van der Waals surface area contributed by atoms with E-state index in [0.717, 1.165) is 36.4 Å². The second kappa shape index (κ2) is 6.45. The third-order valence-corrected chi connectivity index (χ3v) is 5.60. The highest BCUT2D eigenvalue weighted by Gasteiger charge is 2.36. The number of nitrogens with zero attached hydrogens (tertiary/aromatic N) is 2. The molecule has 1 amide bonds. The second-order valence-electron chi connectivity index (χ2n) is 7.96. The maximum absolute atomic E-state index is 12.3. The molecule has 3 aliphatic rings. The Kier molecular flexibility index (Phi) is 4.28. The van der Waals surface area contributed by atoms with Gasteiger partial charge in [0.05, 0.1) is 11.3 Å². The van der Waals surface area contributed by atoms with Gasteiger partial charge in [-0.1, -0.05) is 13.8 Å². The molecule has 1 aliphatic carbocycles. The maximum Gasteiger partial charge on any atom is 0.273 e. The van der Waals surface area contributed by atoms with Crippen LogP contribution in [-0.4, -0.2) is 34.6 Å². The molecule has 1 aromatic rings. The van der Waals surface area contributed by atoms with Crippen molar-refractivity contribution in [3.8, 4) is 0 Å². The fraction of sp³-hybridized carbons (Fsp3) is 0.600. The third-order valence-electron chi connectivity index (χ3n) is 5.60. The van der Waals surface area contributed by atoms with Crippen molar-refractivity contribution >= 4 is 17.7 Å². The van der Waals surface area contributed by atoms with Crippen LogP contribution >= 0.6 is 0 Å². The van der Waals surface area contributed by atoms with E-state index in [1.807, 2.05) is 6.08 Å². The molecule has 0 spiro atoms. The Morgan fingerprint density at radius 2 is 2.00 bits per heavy atom. The zero-order valence-electron chi connectivity index (χ0n) is 15.5. The highest BCUT2D eigenvalue weighted by Crippen LogP contribution is 2.36. The van der Waals surface area contributed by atoms with E-state index in [9.17, 15) is 4.79 Å². The number of aromatic amines is 1. The Balaban J connectivity index is 1.70. The van der Waals surface area contributed by atoms with Crippen molar-refractivity contribution in [3.63, 3.8) is 0 Å². The number of hydrogen-bond acceptors (Lipinski definition) is 3. The van der Waals surface area contributed by atoms with Crippen molar-refractivity contribution in [3.05, 3.63) is 28.1 Å². The lowest BCUT2D eigenvalue weighted by atomic mass is 9.95. The first-order chi connectivity index (χ1) is 12.0. The van der Waals surface area contributed by atoms with Gasteiger partial charge in [-0.15, -0.1) is 0 Å². The standard InChI is InChI=1S/C20H28N4O/c1-12(2)18-16(11-24-8-4-5-9-24)13(3)21-17(18)10-15-19(14-6-7-14)22-23-20(15)25/h10,12,14,21H,4-9,11H2,1-3H3,(H,23,25). The summed E-state index contributed by atoms with van der Waals surface area (Å²) in [4.78, 5) is 18.4. The number of nitrogens with one attached hydrogen (secondary N) is 2. The summed E-state index contributed by atoms with van der Waals surface area (Å²) in [6.07, 6.45) is 6.94. The van der Waals surface area contributed by atoms with Crippen LogP contribution in [0.5, 0.6) is 0 Å². The number of amides is 1. The van der Waals surface area contributed by atoms with Crippen LogP contribution in [0.25, 0.3) is 6.08 Å². The van der Waals surface area contributed by atoms with Gasteiger partial charge in [0.2, 0.25) is 0 Å². The molecule has 25 heavy (non-hydrogen) atoms. The predicted octanol–water partition coefficient (Wildman–Crippen LogP) is 3.32. The van der Waals surface area contributed by atoms with Crippen LogP contribution in [0.1, 0.15) is 68.0 Å². The van der Waals surface area contributed by atoms with E-state index in [1.54, 1.807) is 0 Å². The fourth-order valence-electron chi connectivity index (χ4n) is 4.15. The Bertz CT molecular complexity index is 746. The van der Waals surface area contributed by atoms with Gasteiger partial charge >= 0.3 is 0 Å². The van der Waals surface area contributed by atoms with E-state index in [0.29, 0.717) is 11.8 Å². The first-order valence-corrected chi connectivity index (χ1v) is 9.58. The molecule has 5 heteroatoms. The molecule has 1 aromatic heterocycles. The quantitative estimate of drug-likeness (QED) is 0.808. The molecule has 0 atom stereocenters. The maximum atomic E-state index is 12.3. The monoisotopic (exact) mass is 340 g/mol. The smallest absolute Gasteiger partial charge is 0.273 e. The van der Waals surface area contributed by atoms with Gasteiger partial charge < -0.3 is 4.98 Å². The van der Waals surface area contributed by atoms with Crippen molar-refractivity contribution in [2.45, 2.75) is 58.9 Å². The van der Waals surface area contributed by atoms with Crippen LogP contribution in [0.4, 0.5) is 0 Å². The van der Waals surface area contributed by atoms with Crippen LogP contribution in [-0.2, 0) is 11.3 Å². The van der Waals surface area contributed by atoms with Gasteiger partial charge in [-0.3, -0.25) is 9.69 Å². The minimum atomic E-state index is -0.0649. The molecule has 2 fully saturated rings. The molecule has 1 saturated heterocycles. The summed E-state index contributed by atoms with van der Waals surface area (Å²) in [5.74, 6) is 0.818. The summed E-state index contributed by atoms with van der Waals surface area (Å²) in [7, 11) is 0. The molecule has 0 bridgehead atoms. The normalized spacial score (nSPS) is 23.0. The first kappa shape index (κ1) is 16.6. The van der Waals surface area contributed by atoms with Gasteiger partial charge in [0.15, 0.2) is 0 Å². The molecule has 0 radical (unpaired) electrons. The number of carbonyl (C=O) groups is 1. The first-order valence-electron chi connectivity index (χ1n) is 9.58. The lowest BCUT2D eigenvalue weighted by molar-refractivity contribution is -0.116. The lowest BCUT2D eigenvalue weighted by Gasteiger charge is -2.17. The summed E-state index contributed by atoms with van der Waals surface area (Å²) in [6.45, 7) is 10.0. The van der Waals surface area contributed by atoms with Gasteiger partial charge in [0, 0.05) is 23.9 Å². The Labute approximate surface area is 149 Å². The zero-order valence-corrected chi connectivity index (χ0v) is 15.5. The van der Waals surface area contributed by atoms with Crippen molar-refractivity contribution in [1.82, 2.24) is 15.3 Å². The summed E-state index contributed by atoms with van der Waals surface area (Å²) < 4.78 is 0. The average molecular weight is 340 g/mol. The lowest BCUT2D eigenvalue weighted by Crippen LogP contribution is -2.19. The highest BCUT2D eigenvalue weighted by molar-refractivity contribution is 6.28. The van der Waals surface area contributed by atoms with Crippen LogP contribution in [0.15, 0.2) is 10.7 Å². The van der Waals surface area contributed by atoms with E-state index >= 15 is 0 Å². The number of rotatable bonds is 5. The fourth-order valence-corrected chi connectivity index (χ4v) is 4.15. The molecular formula is C20H28N4O. The molecule has 3 heterocycles. The van der Waals surface area contributed by atoms with Gasteiger partial charge in [0.1, 0.15) is 0 Å². The molecular weight excluding hydrogens is 312 g/mol. The number of hydrogen-bond donors (Lipinski definition) is 2. The number of likely N-dealkylation sites (tertiary alicyclic amines) is 1. The molecule has 0 aromatic carbocycles. The molecule has 1 saturated carbocycles. The Morgan fingerprint density at radius 1 is 1.28 bits per heavy atom. The van der Waals surface area contributed by atoms with Gasteiger partial charge in [-0.2, -0.15) is 5.10 Å². The van der Waals surface area contributed by atoms with Crippen molar-refractivity contribution in [2.24, 2.45) is 11.0 Å². The highest BCUT2D eigenvalue weighted by atomic mass is 16.2. The molecule has 0 unspecified atom stereocenters. The van der Waals surface area contributed by atoms with Crippen molar-refractivity contribution in [1.29, 1.82) is 0 Å². The van der Waals surface area contributed by atoms with E-state index < -0.39 is 0 Å². The number of aryl methyl sites for hydroxylation is 1. The molecule has 5 nitrogen and oxygen atoms in total. The molecule has 2 aliphatic heterocycles. The van der Waals surface area contributed by atoms with Crippen LogP contribution in [0.3, 0.4) is 0 Å². The molecule has 4 rings (SSSR count). The predicted molar refractivity (Wildman–Crippen MR) is 100 cm³/mol. The average Bonchev–Trinajstić information content (AvgIpc) is 3.01. The van der Waals surface area contributed by atoms with Crippen LogP contribution in [0.2, 0.25) is 0 Å². The van der Waals surface area contributed by atoms with Crippen LogP contribution < -0.4 is 5.43 Å². The molecule has 134 valence electrons. The van der Waals surface area contributed by atoms with E-state index in [-0.39, 0.29) is 5.91 Å². The summed E-state index contributed by atoms with van der Waals surface area (Å²) in [6, 6.07) is 0. The number of aromatic nitrogens is 1. The number of H-pyrrole nitrogens is 1. The zero-order chi connectivity index (χ0) is 17.6. The Morgan fingerprint density at radius 3 is 2.64 bits per heavy atom. The van der Waals surface area contributed by atoms with Crippen LogP contribution in [0, 0.1) is 12.8 Å². The number of carbonyl (C=O) groups excluding carboxylic acids is 1. The summed E-state index contributed by atoms with van der Waals surface area (Å²) >= 11 is 0. The SMILES string of the molecule is Cc1[nH]c(C=C2C(=O)NN=C2C2CC2)c(C(C)C)c1CN1CCCC1. The second-order valence-corrected chi connectivity index (χ2v) is 7.96. The largest absolute Gasteiger partial charge is 0.359 e. The number of hydrazone groups is 1. The van der Waals surface area contributed by atoms with E-state index in [1.165, 1.54) is 42.8 Å². The van der Waals surface area contributed by atoms with Crippen molar-refractivity contribution < 1.29 is 4.79 Å².